The van der Waals surface area contributed by atoms with Crippen LogP contribution in [0.2, 0.25) is 0 Å². The van der Waals surface area contributed by atoms with E-state index < -0.39 is 24.0 Å². The van der Waals surface area contributed by atoms with Crippen molar-refractivity contribution in [2.75, 3.05) is 19.1 Å². The van der Waals surface area contributed by atoms with Gasteiger partial charge in [-0.25, -0.2) is 9.59 Å². The van der Waals surface area contributed by atoms with Gasteiger partial charge in [0.25, 0.3) is 0 Å². The Hall–Kier alpha value is -3.58. The predicted octanol–water partition coefficient (Wildman–Crippen LogP) is 5.50. The molecule has 0 spiro atoms. The van der Waals surface area contributed by atoms with Crippen LogP contribution in [-0.2, 0) is 19.1 Å². The summed E-state index contributed by atoms with van der Waals surface area (Å²) in [6.07, 6.45) is 0. The quantitative estimate of drug-likeness (QED) is 0.438. The first-order valence-corrected chi connectivity index (χ1v) is 11.1. The first-order chi connectivity index (χ1) is 16.1. The van der Waals surface area contributed by atoms with E-state index in [0.717, 1.165) is 21.3 Å². The number of fused-ring (bicyclic) bond motifs is 5. The number of benzene rings is 3. The van der Waals surface area contributed by atoms with Crippen LogP contribution in [0.5, 0.6) is 11.5 Å². The van der Waals surface area contributed by atoms with Crippen LogP contribution in [0.25, 0.3) is 0 Å². The number of nitrogens with zero attached hydrogens (tertiary/aromatic N) is 1. The molecule has 0 saturated carbocycles. The number of carbonyl (C=O) groups is 2. The highest BCUT2D eigenvalue weighted by Gasteiger charge is 2.51. The van der Waals surface area contributed by atoms with Gasteiger partial charge in [-0.05, 0) is 29.8 Å². The molecule has 166 valence electrons. The van der Waals surface area contributed by atoms with Gasteiger partial charge < -0.3 is 19.1 Å². The van der Waals surface area contributed by atoms with Crippen LogP contribution in [0.15, 0.2) is 88.4 Å². The van der Waals surface area contributed by atoms with E-state index >= 15 is 0 Å². The monoisotopic (exact) mass is 505 g/mol. The second-order valence-corrected chi connectivity index (χ2v) is 8.51. The van der Waals surface area contributed by atoms with Crippen molar-refractivity contribution in [3.63, 3.8) is 0 Å². The lowest BCUT2D eigenvalue weighted by Gasteiger charge is -2.34. The van der Waals surface area contributed by atoms with Crippen molar-refractivity contribution in [3.8, 4) is 11.5 Å². The number of hydrogen-bond donors (Lipinski definition) is 0. The maximum Gasteiger partial charge on any atom is 0.336 e. The van der Waals surface area contributed by atoms with Crippen LogP contribution in [-0.4, -0.2) is 26.2 Å². The molecule has 0 radical (unpaired) electrons. The lowest BCUT2D eigenvalue weighted by atomic mass is 9.94. The van der Waals surface area contributed by atoms with E-state index in [0.29, 0.717) is 11.5 Å². The van der Waals surface area contributed by atoms with E-state index in [9.17, 15) is 9.59 Å². The zero-order valence-electron chi connectivity index (χ0n) is 17.9. The second kappa shape index (κ2) is 8.41. The molecule has 33 heavy (non-hydrogen) atoms. The van der Waals surface area contributed by atoms with E-state index in [-0.39, 0.29) is 11.1 Å². The Balaban J connectivity index is 1.90. The van der Waals surface area contributed by atoms with E-state index in [4.69, 9.17) is 14.2 Å². The molecule has 3 aromatic rings. The SMILES string of the molecule is COC(=O)C1=C(C(=O)OC)[C@@H](c2ccccc2Br)N2c3ccccc3Oc3ccccc3[C@@H]12. The summed E-state index contributed by atoms with van der Waals surface area (Å²) in [6.45, 7) is 0. The lowest BCUT2D eigenvalue weighted by Crippen LogP contribution is -2.30. The molecule has 7 heteroatoms. The van der Waals surface area contributed by atoms with Crippen molar-refractivity contribution < 1.29 is 23.8 Å². The fourth-order valence-corrected chi connectivity index (χ4v) is 5.15. The van der Waals surface area contributed by atoms with Crippen molar-refractivity contribution in [3.05, 3.63) is 99.5 Å². The summed E-state index contributed by atoms with van der Waals surface area (Å²) in [5.74, 6) is 0.0601. The molecule has 6 nitrogen and oxygen atoms in total. The standard InChI is InChI=1S/C26H20BrNO5/c1-31-25(29)21-22(26(30)32-2)24-16-10-4-7-13-19(16)33-20-14-8-6-12-18(20)28(24)23(21)15-9-3-5-11-17(15)27/h3-14,23-24H,1-2H3/t23-,24+/m1/s1. The third kappa shape index (κ3) is 3.31. The van der Waals surface area contributed by atoms with Crippen LogP contribution in [0.4, 0.5) is 5.69 Å². The Labute approximate surface area is 199 Å². The van der Waals surface area contributed by atoms with Crippen LogP contribution >= 0.6 is 15.9 Å². The Kier molecular flexibility index (Phi) is 5.42. The van der Waals surface area contributed by atoms with E-state index in [1.54, 1.807) is 0 Å². The van der Waals surface area contributed by atoms with Gasteiger partial charge in [-0.1, -0.05) is 64.5 Å². The maximum atomic E-state index is 13.2. The molecule has 0 saturated heterocycles. The molecule has 2 aliphatic rings. The summed E-state index contributed by atoms with van der Waals surface area (Å²) < 4.78 is 17.5. The molecule has 0 N–H and O–H groups in total. The molecule has 0 unspecified atom stereocenters. The van der Waals surface area contributed by atoms with Crippen LogP contribution < -0.4 is 9.64 Å². The average molecular weight is 506 g/mol. The molecule has 0 fully saturated rings. The van der Waals surface area contributed by atoms with Crippen molar-refractivity contribution >= 4 is 33.6 Å². The topological polar surface area (TPSA) is 65.1 Å². The highest BCUT2D eigenvalue weighted by Crippen LogP contribution is 2.57. The molecule has 3 aromatic carbocycles. The summed E-state index contributed by atoms with van der Waals surface area (Å²) in [6, 6.07) is 21.5. The Morgan fingerprint density at radius 1 is 0.758 bits per heavy atom. The molecule has 0 aromatic heterocycles. The average Bonchev–Trinajstić information content (AvgIpc) is 3.12. The molecule has 0 aliphatic carbocycles. The Morgan fingerprint density at radius 2 is 1.27 bits per heavy atom. The number of rotatable bonds is 3. The van der Waals surface area contributed by atoms with Gasteiger partial charge in [-0.3, -0.25) is 0 Å². The second-order valence-electron chi connectivity index (χ2n) is 7.65. The van der Waals surface area contributed by atoms with Gasteiger partial charge >= 0.3 is 11.9 Å². The molecule has 0 amide bonds. The highest BCUT2D eigenvalue weighted by molar-refractivity contribution is 9.10. The Morgan fingerprint density at radius 3 is 1.91 bits per heavy atom. The third-order valence-corrected chi connectivity index (χ3v) is 6.70. The molecular formula is C26H20BrNO5. The van der Waals surface area contributed by atoms with E-state index in [1.807, 2.05) is 77.7 Å². The number of hydrogen-bond acceptors (Lipinski definition) is 6. The number of ether oxygens (including phenoxy) is 3. The largest absolute Gasteiger partial charge is 0.466 e. The highest BCUT2D eigenvalue weighted by atomic mass is 79.9. The number of anilines is 1. The van der Waals surface area contributed by atoms with Gasteiger partial charge in [0.2, 0.25) is 0 Å². The summed E-state index contributed by atoms with van der Waals surface area (Å²) in [7, 11) is 2.63. The van der Waals surface area contributed by atoms with Crippen molar-refractivity contribution in [2.45, 2.75) is 12.1 Å². The Bertz CT molecular complexity index is 1280. The first kappa shape index (κ1) is 21.3. The zero-order valence-corrected chi connectivity index (χ0v) is 19.5. The number of halogens is 1. The third-order valence-electron chi connectivity index (χ3n) is 5.98. The van der Waals surface area contributed by atoms with E-state index in [1.165, 1.54) is 14.2 Å². The van der Waals surface area contributed by atoms with Gasteiger partial charge in [0.15, 0.2) is 5.75 Å². The van der Waals surface area contributed by atoms with Crippen molar-refractivity contribution in [1.29, 1.82) is 0 Å². The first-order valence-electron chi connectivity index (χ1n) is 10.4. The maximum absolute atomic E-state index is 13.2. The number of carbonyl (C=O) groups excluding carboxylic acids is 2. The van der Waals surface area contributed by atoms with E-state index in [2.05, 4.69) is 15.9 Å². The van der Waals surface area contributed by atoms with Crippen molar-refractivity contribution in [2.24, 2.45) is 0 Å². The van der Waals surface area contributed by atoms with Gasteiger partial charge in [0.1, 0.15) is 5.75 Å². The summed E-state index contributed by atoms with van der Waals surface area (Å²) >= 11 is 3.64. The normalized spacial score (nSPS) is 18.5. The molecule has 5 rings (SSSR count). The van der Waals surface area contributed by atoms with Crippen LogP contribution in [0, 0.1) is 0 Å². The number of para-hydroxylation sites is 3. The fraction of sp³-hybridized carbons (Fsp3) is 0.154. The summed E-state index contributed by atoms with van der Waals surface area (Å²) in [5, 5.41) is 0. The predicted molar refractivity (Wildman–Crippen MR) is 126 cm³/mol. The van der Waals surface area contributed by atoms with Crippen LogP contribution in [0.1, 0.15) is 23.2 Å². The van der Waals surface area contributed by atoms with Crippen LogP contribution in [0.3, 0.4) is 0 Å². The minimum Gasteiger partial charge on any atom is -0.466 e. The molecule has 2 aliphatic heterocycles. The molecular weight excluding hydrogens is 486 g/mol. The lowest BCUT2D eigenvalue weighted by molar-refractivity contribution is -0.139. The minimum atomic E-state index is -0.622. The molecule has 2 atom stereocenters. The summed E-state index contributed by atoms with van der Waals surface area (Å²) in [4.78, 5) is 28.5. The van der Waals surface area contributed by atoms with Gasteiger partial charge in [-0.2, -0.15) is 0 Å². The number of methoxy groups -OCH3 is 2. The number of esters is 2. The van der Waals surface area contributed by atoms with Gasteiger partial charge in [0.05, 0.1) is 43.1 Å². The summed E-state index contributed by atoms with van der Waals surface area (Å²) in [5.41, 5.74) is 2.80. The van der Waals surface area contributed by atoms with Crippen molar-refractivity contribution in [1.82, 2.24) is 0 Å². The van der Waals surface area contributed by atoms with Gasteiger partial charge in [-0.15, -0.1) is 0 Å². The minimum absolute atomic E-state index is 0.234. The smallest absolute Gasteiger partial charge is 0.336 e. The fourth-order valence-electron chi connectivity index (χ4n) is 4.65. The molecule has 0 bridgehead atoms. The zero-order chi connectivity index (χ0) is 23.1. The van der Waals surface area contributed by atoms with Gasteiger partial charge in [0, 0.05) is 10.0 Å². The molecule has 2 heterocycles.